The van der Waals surface area contributed by atoms with Crippen molar-refractivity contribution in [3.8, 4) is 0 Å². The number of hydrogen-bond acceptors (Lipinski definition) is 4. The number of carboxylic acid groups (broad SMARTS) is 1. The first kappa shape index (κ1) is 18.7. The van der Waals surface area contributed by atoms with E-state index < -0.39 is 23.8 Å². The molecule has 2 aliphatic carbocycles. The molecule has 1 heterocycles. The van der Waals surface area contributed by atoms with Crippen LogP contribution in [0.15, 0.2) is 18.2 Å². The minimum Gasteiger partial charge on any atom is -0.481 e. The Kier molecular flexibility index (Phi) is 4.95. The van der Waals surface area contributed by atoms with Gasteiger partial charge in [-0.1, -0.05) is 12.5 Å². The fraction of sp³-hybridized carbons (Fsp3) is 0.550. The van der Waals surface area contributed by atoms with Crippen LogP contribution in [0.3, 0.4) is 0 Å². The van der Waals surface area contributed by atoms with Crippen molar-refractivity contribution in [1.29, 1.82) is 0 Å². The molecular weight excluding hydrogens is 367 g/mol. The summed E-state index contributed by atoms with van der Waals surface area (Å²) in [6.45, 7) is 0. The number of hydroxylamine groups is 2. The molecule has 2 atom stereocenters. The largest absolute Gasteiger partial charge is 0.481 e. The third-order valence-corrected chi connectivity index (χ3v) is 5.79. The summed E-state index contributed by atoms with van der Waals surface area (Å²) in [6.07, 6.45) is 3.78. The number of carboxylic acids is 1. The maximum atomic E-state index is 13.9. The van der Waals surface area contributed by atoms with E-state index >= 15 is 0 Å². The molecule has 2 saturated carbocycles. The van der Waals surface area contributed by atoms with E-state index in [0.29, 0.717) is 24.4 Å². The van der Waals surface area contributed by atoms with Crippen LogP contribution < -0.4 is 4.90 Å². The first-order valence-corrected chi connectivity index (χ1v) is 9.77. The zero-order valence-electron chi connectivity index (χ0n) is 15.5. The maximum absolute atomic E-state index is 13.9. The molecular formula is C20H23FN2O5. The van der Waals surface area contributed by atoms with Crippen molar-refractivity contribution in [2.75, 3.05) is 4.90 Å². The minimum atomic E-state index is -1.08. The SMILES string of the molecule is O=C(O)CCC(=O)N(OC(=O)N1c2cc(F)ccc2CC2CCCC21)C1CC1. The number of anilines is 1. The molecule has 2 amide bonds. The second kappa shape index (κ2) is 7.41. The number of nitrogens with zero attached hydrogens (tertiary/aromatic N) is 2. The molecule has 2 fully saturated rings. The van der Waals surface area contributed by atoms with Crippen LogP contribution in [0.25, 0.3) is 0 Å². The van der Waals surface area contributed by atoms with Gasteiger partial charge in [-0.05, 0) is 55.7 Å². The molecule has 4 rings (SSSR count). The third-order valence-electron chi connectivity index (χ3n) is 5.79. The van der Waals surface area contributed by atoms with Gasteiger partial charge in [-0.15, -0.1) is 0 Å². The lowest BCUT2D eigenvalue weighted by atomic mass is 9.88. The van der Waals surface area contributed by atoms with Crippen molar-refractivity contribution in [3.63, 3.8) is 0 Å². The van der Waals surface area contributed by atoms with Crippen LogP contribution in [0.5, 0.6) is 0 Å². The second-order valence-corrected chi connectivity index (χ2v) is 7.81. The first-order valence-electron chi connectivity index (χ1n) is 9.77. The van der Waals surface area contributed by atoms with Crippen LogP contribution in [0.1, 0.15) is 50.5 Å². The van der Waals surface area contributed by atoms with Gasteiger partial charge >= 0.3 is 12.1 Å². The zero-order chi connectivity index (χ0) is 19.8. The highest BCUT2D eigenvalue weighted by Crippen LogP contribution is 2.43. The van der Waals surface area contributed by atoms with Crippen molar-refractivity contribution in [1.82, 2.24) is 5.06 Å². The van der Waals surface area contributed by atoms with Gasteiger partial charge in [0.05, 0.1) is 18.2 Å². The summed E-state index contributed by atoms with van der Waals surface area (Å²) in [6, 6.07) is 4.16. The summed E-state index contributed by atoms with van der Waals surface area (Å²) in [4.78, 5) is 43.2. The summed E-state index contributed by atoms with van der Waals surface area (Å²) in [5.41, 5.74) is 1.40. The summed E-state index contributed by atoms with van der Waals surface area (Å²) in [5.74, 6) is -1.73. The average molecular weight is 390 g/mol. The predicted octanol–water partition coefficient (Wildman–Crippen LogP) is 3.26. The predicted molar refractivity (Wildman–Crippen MR) is 96.9 cm³/mol. The lowest BCUT2D eigenvalue weighted by molar-refractivity contribution is -0.169. The molecule has 2 unspecified atom stereocenters. The maximum Gasteiger partial charge on any atom is 0.439 e. The number of carbonyl (C=O) groups excluding carboxylic acids is 2. The quantitative estimate of drug-likeness (QED) is 0.798. The topological polar surface area (TPSA) is 87.1 Å². The highest BCUT2D eigenvalue weighted by atomic mass is 19.1. The molecule has 8 heteroatoms. The van der Waals surface area contributed by atoms with Crippen LogP contribution in [0.2, 0.25) is 0 Å². The molecule has 0 radical (unpaired) electrons. The Morgan fingerprint density at radius 2 is 1.96 bits per heavy atom. The van der Waals surface area contributed by atoms with E-state index in [4.69, 9.17) is 9.94 Å². The Morgan fingerprint density at radius 3 is 2.68 bits per heavy atom. The monoisotopic (exact) mass is 390 g/mol. The Hall–Kier alpha value is -2.64. The molecule has 150 valence electrons. The molecule has 7 nitrogen and oxygen atoms in total. The van der Waals surface area contributed by atoms with Crippen LogP contribution >= 0.6 is 0 Å². The number of rotatable bonds is 4. The van der Waals surface area contributed by atoms with E-state index in [0.717, 1.165) is 36.3 Å². The number of aliphatic carboxylic acids is 1. The number of carbonyl (C=O) groups is 3. The van der Waals surface area contributed by atoms with Gasteiger partial charge in [-0.3, -0.25) is 14.5 Å². The van der Waals surface area contributed by atoms with Gasteiger partial charge in [-0.2, -0.15) is 5.06 Å². The normalized spacial score (nSPS) is 23.0. The second-order valence-electron chi connectivity index (χ2n) is 7.81. The van der Waals surface area contributed by atoms with E-state index in [1.165, 1.54) is 17.0 Å². The molecule has 3 aliphatic rings. The molecule has 0 spiro atoms. The summed E-state index contributed by atoms with van der Waals surface area (Å²) in [5, 5.41) is 9.83. The Labute approximate surface area is 162 Å². The van der Waals surface area contributed by atoms with Gasteiger partial charge in [0.15, 0.2) is 0 Å². The van der Waals surface area contributed by atoms with Gasteiger partial charge in [0.25, 0.3) is 5.91 Å². The van der Waals surface area contributed by atoms with E-state index in [1.807, 2.05) is 0 Å². The number of amides is 2. The molecule has 0 aromatic heterocycles. The number of halogens is 1. The smallest absolute Gasteiger partial charge is 0.439 e. The zero-order valence-corrected chi connectivity index (χ0v) is 15.5. The molecule has 1 aliphatic heterocycles. The van der Waals surface area contributed by atoms with Gasteiger partial charge in [0, 0.05) is 12.5 Å². The summed E-state index contributed by atoms with van der Waals surface area (Å²) in [7, 11) is 0. The number of fused-ring (bicyclic) bond motifs is 2. The van der Waals surface area contributed by atoms with Crippen LogP contribution in [0, 0.1) is 11.7 Å². The average Bonchev–Trinajstić information content (AvgIpc) is 3.39. The molecule has 1 aromatic rings. The Morgan fingerprint density at radius 1 is 1.18 bits per heavy atom. The van der Waals surface area contributed by atoms with Gasteiger partial charge in [0.2, 0.25) is 0 Å². The number of benzene rings is 1. The van der Waals surface area contributed by atoms with Crippen molar-refractivity contribution < 1.29 is 28.7 Å². The molecule has 1 N–H and O–H groups in total. The first-order chi connectivity index (χ1) is 13.4. The van der Waals surface area contributed by atoms with Crippen LogP contribution in [-0.2, 0) is 20.8 Å². The highest BCUT2D eigenvalue weighted by Gasteiger charge is 2.44. The molecule has 0 saturated heterocycles. The van der Waals surface area contributed by atoms with E-state index in [-0.39, 0.29) is 24.9 Å². The standard InChI is InChI=1S/C20H23FN2O5/c21-14-5-4-13-10-12-2-1-3-16(12)22(17(13)11-14)20(27)28-23(15-6-7-15)18(24)8-9-19(25)26/h4-5,11-12,15-16H,1-3,6-10H2,(H,25,26). The van der Waals surface area contributed by atoms with Gasteiger partial charge in [0.1, 0.15) is 5.82 Å². The van der Waals surface area contributed by atoms with Crippen molar-refractivity contribution >= 4 is 23.7 Å². The Bertz CT molecular complexity index is 810. The van der Waals surface area contributed by atoms with Crippen molar-refractivity contribution in [2.24, 2.45) is 5.92 Å². The fourth-order valence-electron chi connectivity index (χ4n) is 4.31. The number of hydrogen-bond donors (Lipinski definition) is 1. The van der Waals surface area contributed by atoms with Crippen LogP contribution in [0.4, 0.5) is 14.9 Å². The van der Waals surface area contributed by atoms with E-state index in [2.05, 4.69) is 0 Å². The molecule has 0 bridgehead atoms. The summed E-state index contributed by atoms with van der Waals surface area (Å²) >= 11 is 0. The molecule has 1 aromatic carbocycles. The molecule has 28 heavy (non-hydrogen) atoms. The lowest BCUT2D eigenvalue weighted by Gasteiger charge is -2.39. The summed E-state index contributed by atoms with van der Waals surface area (Å²) < 4.78 is 13.9. The van der Waals surface area contributed by atoms with Crippen LogP contribution in [-0.4, -0.2) is 40.2 Å². The minimum absolute atomic E-state index is 0.0722. The fourth-order valence-corrected chi connectivity index (χ4v) is 4.31. The van der Waals surface area contributed by atoms with E-state index in [9.17, 15) is 18.8 Å². The van der Waals surface area contributed by atoms with Gasteiger partial charge in [-0.25, -0.2) is 9.18 Å². The van der Waals surface area contributed by atoms with Gasteiger partial charge < -0.3 is 9.94 Å². The third kappa shape index (κ3) is 3.68. The lowest BCUT2D eigenvalue weighted by Crippen LogP contribution is -2.49. The van der Waals surface area contributed by atoms with E-state index in [1.54, 1.807) is 6.07 Å². The van der Waals surface area contributed by atoms with Crippen molar-refractivity contribution in [2.45, 2.75) is 63.5 Å². The highest BCUT2D eigenvalue weighted by molar-refractivity contribution is 5.91. The van der Waals surface area contributed by atoms with Crippen molar-refractivity contribution in [3.05, 3.63) is 29.6 Å². The Balaban J connectivity index is 1.56.